The van der Waals surface area contributed by atoms with E-state index in [0.717, 1.165) is 16.1 Å². The summed E-state index contributed by atoms with van der Waals surface area (Å²) in [5.41, 5.74) is 7.84. The van der Waals surface area contributed by atoms with Gasteiger partial charge in [-0.15, -0.1) is 11.3 Å². The monoisotopic (exact) mass is 237 g/mol. The van der Waals surface area contributed by atoms with Crippen LogP contribution in [-0.2, 0) is 6.54 Å². The zero-order chi connectivity index (χ0) is 10.8. The van der Waals surface area contributed by atoms with Crippen LogP contribution in [0, 0.1) is 6.92 Å². The van der Waals surface area contributed by atoms with Crippen LogP contribution in [-0.4, -0.2) is 0 Å². The Bertz CT molecular complexity index is 476. The van der Waals surface area contributed by atoms with Gasteiger partial charge in [0.1, 0.15) is 0 Å². The molecule has 0 aliphatic carbocycles. The molecule has 0 bridgehead atoms. The molecular formula is C12H12ClNS. The Morgan fingerprint density at radius 2 is 2.07 bits per heavy atom. The van der Waals surface area contributed by atoms with Crippen molar-refractivity contribution in [3.8, 4) is 10.4 Å². The Labute approximate surface area is 98.5 Å². The lowest BCUT2D eigenvalue weighted by Gasteiger charge is -2.02. The first-order valence-corrected chi connectivity index (χ1v) is 5.95. The van der Waals surface area contributed by atoms with Gasteiger partial charge in [0.2, 0.25) is 0 Å². The van der Waals surface area contributed by atoms with Crippen molar-refractivity contribution in [2.24, 2.45) is 5.73 Å². The highest BCUT2D eigenvalue weighted by molar-refractivity contribution is 7.15. The molecule has 3 heteroatoms. The largest absolute Gasteiger partial charge is 0.326 e. The summed E-state index contributed by atoms with van der Waals surface area (Å²) in [6.07, 6.45) is 0. The number of halogens is 1. The van der Waals surface area contributed by atoms with Crippen LogP contribution in [0.5, 0.6) is 0 Å². The van der Waals surface area contributed by atoms with Gasteiger partial charge in [-0.05, 0) is 48.4 Å². The molecule has 0 aliphatic heterocycles. The van der Waals surface area contributed by atoms with Crippen LogP contribution in [0.3, 0.4) is 0 Å². The van der Waals surface area contributed by atoms with E-state index < -0.39 is 0 Å². The number of nitrogens with two attached hydrogens (primary N) is 1. The van der Waals surface area contributed by atoms with Gasteiger partial charge in [0.15, 0.2) is 0 Å². The first-order chi connectivity index (χ1) is 7.19. The van der Waals surface area contributed by atoms with E-state index in [1.54, 1.807) is 11.3 Å². The Balaban J connectivity index is 2.48. The van der Waals surface area contributed by atoms with E-state index in [4.69, 9.17) is 17.3 Å². The fourth-order valence-corrected chi connectivity index (χ4v) is 2.61. The van der Waals surface area contributed by atoms with Gasteiger partial charge in [-0.3, -0.25) is 0 Å². The molecular weight excluding hydrogens is 226 g/mol. The maximum Gasteiger partial charge on any atom is 0.0415 e. The Hall–Kier alpha value is -0.830. The SMILES string of the molecule is Cc1ccc(-c2cc(Cl)cc(CN)c2)s1. The van der Waals surface area contributed by atoms with Crippen molar-refractivity contribution >= 4 is 22.9 Å². The van der Waals surface area contributed by atoms with E-state index in [-0.39, 0.29) is 0 Å². The number of thiophene rings is 1. The molecule has 2 rings (SSSR count). The average Bonchev–Trinajstić information content (AvgIpc) is 2.64. The summed E-state index contributed by atoms with van der Waals surface area (Å²) in [5.74, 6) is 0. The fraction of sp³-hybridized carbons (Fsp3) is 0.167. The van der Waals surface area contributed by atoms with Crippen LogP contribution < -0.4 is 5.73 Å². The maximum absolute atomic E-state index is 6.03. The third-order valence-corrected chi connectivity index (χ3v) is 3.49. The van der Waals surface area contributed by atoms with Crippen molar-refractivity contribution in [1.82, 2.24) is 0 Å². The minimum Gasteiger partial charge on any atom is -0.326 e. The van der Waals surface area contributed by atoms with Crippen LogP contribution in [0.4, 0.5) is 0 Å². The van der Waals surface area contributed by atoms with Gasteiger partial charge in [-0.25, -0.2) is 0 Å². The summed E-state index contributed by atoms with van der Waals surface area (Å²) in [4.78, 5) is 2.55. The fourth-order valence-electron chi connectivity index (χ4n) is 1.50. The molecule has 1 nitrogen and oxygen atoms in total. The van der Waals surface area contributed by atoms with Gasteiger partial charge in [0.05, 0.1) is 0 Å². The molecule has 15 heavy (non-hydrogen) atoms. The number of aryl methyl sites for hydroxylation is 1. The normalized spacial score (nSPS) is 10.6. The van der Waals surface area contributed by atoms with Gasteiger partial charge >= 0.3 is 0 Å². The third kappa shape index (κ3) is 2.40. The molecule has 0 atom stereocenters. The molecule has 1 aromatic carbocycles. The van der Waals surface area contributed by atoms with Crippen molar-refractivity contribution in [2.45, 2.75) is 13.5 Å². The Kier molecular flexibility index (Phi) is 3.10. The van der Waals surface area contributed by atoms with Gasteiger partial charge in [0.25, 0.3) is 0 Å². The molecule has 0 radical (unpaired) electrons. The van der Waals surface area contributed by atoms with Crippen LogP contribution in [0.15, 0.2) is 30.3 Å². The molecule has 0 saturated carbocycles. The van der Waals surface area contributed by atoms with E-state index in [9.17, 15) is 0 Å². The topological polar surface area (TPSA) is 26.0 Å². The minimum atomic E-state index is 0.526. The highest BCUT2D eigenvalue weighted by Crippen LogP contribution is 2.30. The average molecular weight is 238 g/mol. The Morgan fingerprint density at radius 1 is 1.27 bits per heavy atom. The molecule has 0 amide bonds. The number of rotatable bonds is 2. The van der Waals surface area contributed by atoms with Crippen molar-refractivity contribution in [3.05, 3.63) is 45.8 Å². The van der Waals surface area contributed by atoms with Crippen LogP contribution in [0.2, 0.25) is 5.02 Å². The molecule has 0 saturated heterocycles. The summed E-state index contributed by atoms with van der Waals surface area (Å²) in [6.45, 7) is 2.63. The number of benzene rings is 1. The van der Waals surface area contributed by atoms with Crippen molar-refractivity contribution in [2.75, 3.05) is 0 Å². The van der Waals surface area contributed by atoms with E-state index in [1.165, 1.54) is 9.75 Å². The highest BCUT2D eigenvalue weighted by Gasteiger charge is 2.03. The second kappa shape index (κ2) is 4.35. The first-order valence-electron chi connectivity index (χ1n) is 4.75. The van der Waals surface area contributed by atoms with E-state index >= 15 is 0 Å². The molecule has 1 heterocycles. The van der Waals surface area contributed by atoms with Crippen molar-refractivity contribution in [3.63, 3.8) is 0 Å². The molecule has 1 aromatic heterocycles. The zero-order valence-electron chi connectivity index (χ0n) is 8.46. The minimum absolute atomic E-state index is 0.526. The van der Waals surface area contributed by atoms with Gasteiger partial charge in [-0.2, -0.15) is 0 Å². The quantitative estimate of drug-likeness (QED) is 0.844. The standard InChI is InChI=1S/C12H12ClNS/c1-8-2-3-12(15-8)10-4-9(7-14)5-11(13)6-10/h2-6H,7,14H2,1H3. The van der Waals surface area contributed by atoms with Crippen molar-refractivity contribution in [1.29, 1.82) is 0 Å². The van der Waals surface area contributed by atoms with Crippen LogP contribution in [0.25, 0.3) is 10.4 Å². The summed E-state index contributed by atoms with van der Waals surface area (Å²) in [7, 11) is 0. The van der Waals surface area contributed by atoms with Gasteiger partial charge in [0, 0.05) is 21.3 Å². The second-order valence-electron chi connectivity index (χ2n) is 3.46. The summed E-state index contributed by atoms with van der Waals surface area (Å²) < 4.78 is 0. The lowest BCUT2D eigenvalue weighted by atomic mass is 10.1. The Morgan fingerprint density at radius 3 is 2.67 bits per heavy atom. The lowest BCUT2D eigenvalue weighted by Crippen LogP contribution is -1.95. The molecule has 0 spiro atoms. The lowest BCUT2D eigenvalue weighted by molar-refractivity contribution is 1.07. The second-order valence-corrected chi connectivity index (χ2v) is 5.19. The smallest absolute Gasteiger partial charge is 0.0415 e. The predicted octanol–water partition coefficient (Wildman–Crippen LogP) is 3.84. The molecule has 0 fully saturated rings. The maximum atomic E-state index is 6.03. The van der Waals surface area contributed by atoms with Crippen LogP contribution in [0.1, 0.15) is 10.4 Å². The van der Waals surface area contributed by atoms with E-state index in [1.807, 2.05) is 12.1 Å². The molecule has 2 aromatic rings. The molecule has 78 valence electrons. The molecule has 2 N–H and O–H groups in total. The summed E-state index contributed by atoms with van der Waals surface area (Å²) in [5, 5.41) is 0.749. The molecule has 0 aliphatic rings. The van der Waals surface area contributed by atoms with Crippen molar-refractivity contribution < 1.29 is 0 Å². The first kappa shape index (κ1) is 10.7. The van der Waals surface area contributed by atoms with Gasteiger partial charge in [-0.1, -0.05) is 11.6 Å². The molecule has 0 unspecified atom stereocenters. The van der Waals surface area contributed by atoms with E-state index in [0.29, 0.717) is 6.54 Å². The summed E-state index contributed by atoms with van der Waals surface area (Å²) >= 11 is 7.80. The third-order valence-electron chi connectivity index (χ3n) is 2.22. The van der Waals surface area contributed by atoms with Crippen LogP contribution >= 0.6 is 22.9 Å². The highest BCUT2D eigenvalue weighted by atomic mass is 35.5. The predicted molar refractivity (Wildman–Crippen MR) is 67.4 cm³/mol. The number of hydrogen-bond donors (Lipinski definition) is 1. The van der Waals surface area contributed by atoms with E-state index in [2.05, 4.69) is 25.1 Å². The zero-order valence-corrected chi connectivity index (χ0v) is 10.0. The van der Waals surface area contributed by atoms with Gasteiger partial charge < -0.3 is 5.73 Å². The number of hydrogen-bond acceptors (Lipinski definition) is 2. The summed E-state index contributed by atoms with van der Waals surface area (Å²) in [6, 6.07) is 10.2.